The van der Waals surface area contributed by atoms with Gasteiger partial charge in [-0.2, -0.15) is 0 Å². The van der Waals surface area contributed by atoms with Gasteiger partial charge in [0, 0.05) is 37.8 Å². The maximum absolute atomic E-state index is 13.6. The van der Waals surface area contributed by atoms with E-state index in [4.69, 9.17) is 0 Å². The Morgan fingerprint density at radius 1 is 1.04 bits per heavy atom. The van der Waals surface area contributed by atoms with Crippen molar-refractivity contribution in [1.29, 1.82) is 0 Å². The van der Waals surface area contributed by atoms with E-state index in [-0.39, 0.29) is 11.7 Å². The van der Waals surface area contributed by atoms with Crippen LogP contribution < -0.4 is 16.0 Å². The van der Waals surface area contributed by atoms with E-state index in [0.717, 1.165) is 5.56 Å². The number of amides is 1. The molecule has 0 aliphatic heterocycles. The van der Waals surface area contributed by atoms with Gasteiger partial charge in [0.05, 0.1) is 0 Å². The number of rotatable bonds is 6. The van der Waals surface area contributed by atoms with Crippen molar-refractivity contribution in [2.24, 2.45) is 4.99 Å². The summed E-state index contributed by atoms with van der Waals surface area (Å²) in [6.45, 7) is 3.32. The normalized spacial score (nSPS) is 11.1. The molecule has 6 heteroatoms. The number of benzene rings is 2. The average molecular weight is 342 g/mol. The van der Waals surface area contributed by atoms with Crippen LogP contribution in [0.1, 0.15) is 28.4 Å². The first-order valence-corrected chi connectivity index (χ1v) is 8.19. The molecule has 0 heterocycles. The molecular weight excluding hydrogens is 319 g/mol. The average Bonchev–Trinajstić information content (AvgIpc) is 2.63. The zero-order chi connectivity index (χ0) is 18.1. The van der Waals surface area contributed by atoms with Crippen molar-refractivity contribution in [3.05, 3.63) is 71.0 Å². The summed E-state index contributed by atoms with van der Waals surface area (Å²) in [6, 6.07) is 14.0. The molecule has 0 radical (unpaired) electrons. The number of guanidine groups is 1. The third-order valence-electron chi connectivity index (χ3n) is 3.61. The van der Waals surface area contributed by atoms with Gasteiger partial charge in [0.1, 0.15) is 5.82 Å². The Morgan fingerprint density at radius 3 is 2.52 bits per heavy atom. The van der Waals surface area contributed by atoms with Crippen LogP contribution in [0.25, 0.3) is 0 Å². The van der Waals surface area contributed by atoms with E-state index in [2.05, 4.69) is 20.9 Å². The number of nitrogens with zero attached hydrogens (tertiary/aromatic N) is 1. The molecule has 0 spiro atoms. The molecule has 0 aliphatic rings. The molecule has 0 atom stereocenters. The molecular formula is C19H23FN4O. The van der Waals surface area contributed by atoms with Crippen LogP contribution in [0.2, 0.25) is 0 Å². The zero-order valence-corrected chi connectivity index (χ0v) is 14.5. The molecule has 2 aromatic rings. The molecule has 1 amide bonds. The van der Waals surface area contributed by atoms with Crippen LogP contribution in [0.15, 0.2) is 53.5 Å². The molecule has 2 aromatic carbocycles. The van der Waals surface area contributed by atoms with Crippen LogP contribution in [0.4, 0.5) is 4.39 Å². The monoisotopic (exact) mass is 342 g/mol. The lowest BCUT2D eigenvalue weighted by Gasteiger charge is -2.13. The highest BCUT2D eigenvalue weighted by atomic mass is 19.1. The van der Waals surface area contributed by atoms with Gasteiger partial charge in [-0.05, 0) is 30.7 Å². The Labute approximate surface area is 147 Å². The maximum atomic E-state index is 13.6. The number of hydrogen-bond donors (Lipinski definition) is 3. The lowest BCUT2D eigenvalue weighted by Crippen LogP contribution is -2.36. The highest BCUT2D eigenvalue weighted by Gasteiger charge is 2.06. The van der Waals surface area contributed by atoms with Crippen molar-refractivity contribution < 1.29 is 9.18 Å². The van der Waals surface area contributed by atoms with Gasteiger partial charge in [0.25, 0.3) is 5.91 Å². The number of aliphatic imine (C=N–C) groups is 1. The van der Waals surface area contributed by atoms with E-state index in [9.17, 15) is 9.18 Å². The lowest BCUT2D eigenvalue weighted by molar-refractivity contribution is 0.0955. The summed E-state index contributed by atoms with van der Waals surface area (Å²) < 4.78 is 13.6. The number of carbonyl (C=O) groups is 1. The van der Waals surface area contributed by atoms with Crippen LogP contribution in [0.3, 0.4) is 0 Å². The SMILES string of the molecule is CCNC(=O)c1cccc(CNC(=NC)NCc2ccccc2F)c1. The third kappa shape index (κ3) is 5.60. The minimum absolute atomic E-state index is 0.0913. The Balaban J connectivity index is 1.91. The zero-order valence-electron chi connectivity index (χ0n) is 14.5. The van der Waals surface area contributed by atoms with Gasteiger partial charge in [0.2, 0.25) is 0 Å². The van der Waals surface area contributed by atoms with Gasteiger partial charge < -0.3 is 16.0 Å². The predicted octanol–water partition coefficient (Wildman–Crippen LogP) is 2.44. The Bertz CT molecular complexity index is 746. The standard InChI is InChI=1S/C19H23FN4O/c1-3-22-18(25)15-9-6-7-14(11-15)12-23-19(21-2)24-13-16-8-4-5-10-17(16)20/h4-11H,3,12-13H2,1-2H3,(H,22,25)(H2,21,23,24). The molecule has 0 saturated heterocycles. The quantitative estimate of drug-likeness (QED) is 0.558. The highest BCUT2D eigenvalue weighted by Crippen LogP contribution is 2.06. The summed E-state index contributed by atoms with van der Waals surface area (Å²) >= 11 is 0. The number of nitrogens with one attached hydrogen (secondary N) is 3. The summed E-state index contributed by atoms with van der Waals surface area (Å²) in [5.74, 6) is 0.221. The summed E-state index contributed by atoms with van der Waals surface area (Å²) in [4.78, 5) is 16.0. The van der Waals surface area contributed by atoms with E-state index >= 15 is 0 Å². The molecule has 3 N–H and O–H groups in total. The molecule has 0 saturated carbocycles. The second-order valence-corrected chi connectivity index (χ2v) is 5.43. The van der Waals surface area contributed by atoms with E-state index in [0.29, 0.717) is 36.7 Å². The minimum Gasteiger partial charge on any atom is -0.352 e. The predicted molar refractivity (Wildman–Crippen MR) is 97.9 cm³/mol. The fraction of sp³-hybridized carbons (Fsp3) is 0.263. The van der Waals surface area contributed by atoms with E-state index in [1.165, 1.54) is 6.07 Å². The molecule has 2 rings (SSSR count). The summed E-state index contributed by atoms with van der Waals surface area (Å²) in [7, 11) is 1.65. The van der Waals surface area contributed by atoms with Gasteiger partial charge in [-0.25, -0.2) is 4.39 Å². The molecule has 0 fully saturated rings. The molecule has 0 bridgehead atoms. The molecule has 5 nitrogen and oxygen atoms in total. The fourth-order valence-corrected chi connectivity index (χ4v) is 2.31. The third-order valence-corrected chi connectivity index (χ3v) is 3.61. The van der Waals surface area contributed by atoms with Crippen molar-refractivity contribution in [3.8, 4) is 0 Å². The molecule has 132 valence electrons. The number of halogens is 1. The largest absolute Gasteiger partial charge is 0.352 e. The molecule has 0 unspecified atom stereocenters. The van der Waals surface area contributed by atoms with Gasteiger partial charge in [-0.15, -0.1) is 0 Å². The molecule has 0 aromatic heterocycles. The number of carbonyl (C=O) groups excluding carboxylic acids is 1. The molecule has 0 aliphatic carbocycles. The van der Waals surface area contributed by atoms with Crippen LogP contribution in [-0.2, 0) is 13.1 Å². The van der Waals surface area contributed by atoms with Gasteiger partial charge in [0.15, 0.2) is 5.96 Å². The van der Waals surface area contributed by atoms with Crippen molar-refractivity contribution in [2.45, 2.75) is 20.0 Å². The van der Waals surface area contributed by atoms with E-state index in [1.807, 2.05) is 25.1 Å². The fourth-order valence-electron chi connectivity index (χ4n) is 2.31. The van der Waals surface area contributed by atoms with E-state index in [1.54, 1.807) is 31.3 Å². The second kappa shape index (κ2) is 9.42. The first-order chi connectivity index (χ1) is 12.1. The topological polar surface area (TPSA) is 65.5 Å². The number of hydrogen-bond acceptors (Lipinski definition) is 2. The van der Waals surface area contributed by atoms with Gasteiger partial charge in [-0.3, -0.25) is 9.79 Å². The van der Waals surface area contributed by atoms with Crippen LogP contribution >= 0.6 is 0 Å². The Morgan fingerprint density at radius 2 is 1.80 bits per heavy atom. The minimum atomic E-state index is -0.250. The van der Waals surface area contributed by atoms with Crippen molar-refractivity contribution in [2.75, 3.05) is 13.6 Å². The van der Waals surface area contributed by atoms with Crippen molar-refractivity contribution >= 4 is 11.9 Å². The Kier molecular flexibility index (Phi) is 6.95. The maximum Gasteiger partial charge on any atom is 0.251 e. The summed E-state index contributed by atoms with van der Waals surface area (Å²) in [6.07, 6.45) is 0. The summed E-state index contributed by atoms with van der Waals surface area (Å²) in [5, 5.41) is 9.01. The summed E-state index contributed by atoms with van der Waals surface area (Å²) in [5.41, 5.74) is 2.15. The smallest absolute Gasteiger partial charge is 0.251 e. The van der Waals surface area contributed by atoms with Crippen LogP contribution in [0, 0.1) is 5.82 Å². The van der Waals surface area contributed by atoms with E-state index < -0.39 is 0 Å². The van der Waals surface area contributed by atoms with Crippen LogP contribution in [0.5, 0.6) is 0 Å². The van der Waals surface area contributed by atoms with Gasteiger partial charge >= 0.3 is 0 Å². The lowest BCUT2D eigenvalue weighted by atomic mass is 10.1. The van der Waals surface area contributed by atoms with Crippen LogP contribution in [-0.4, -0.2) is 25.5 Å². The van der Waals surface area contributed by atoms with Crippen molar-refractivity contribution in [1.82, 2.24) is 16.0 Å². The molecule has 25 heavy (non-hydrogen) atoms. The van der Waals surface area contributed by atoms with Gasteiger partial charge in [-0.1, -0.05) is 30.3 Å². The second-order valence-electron chi connectivity index (χ2n) is 5.43. The van der Waals surface area contributed by atoms with Crippen molar-refractivity contribution in [3.63, 3.8) is 0 Å². The highest BCUT2D eigenvalue weighted by molar-refractivity contribution is 5.94. The Hall–Kier alpha value is -2.89. The first kappa shape index (κ1) is 18.4. The first-order valence-electron chi connectivity index (χ1n) is 8.19.